The molecule has 0 atom stereocenters. The van der Waals surface area contributed by atoms with E-state index in [0.717, 1.165) is 108 Å². The Kier molecular flexibility index (Phi) is 28.3. The lowest BCUT2D eigenvalue weighted by molar-refractivity contribution is 0.103. The molecule has 0 fully saturated rings. The monoisotopic (exact) mass is 1530 g/mol. The van der Waals surface area contributed by atoms with Crippen LogP contribution in [0.4, 0.5) is 0 Å². The fourth-order valence-corrected chi connectivity index (χ4v) is 23.2. The molecule has 586 valence electrons. The first-order valence-electron chi connectivity index (χ1n) is 44.8. The molecule has 13 rings (SSSR count). The number of carbonyl (C=O) groups excluding carboxylic acids is 2. The zero-order valence-electron chi connectivity index (χ0n) is 69.2. The normalized spacial score (nSPS) is 16.4. The molecule has 6 aromatic carbocycles. The SMILES string of the molecule is [C-]#[N+]/C(C#N)=C1\C(=C\c2cc3c(s2)-c2cc4c(cc2C3(CCCCCCCC)CCCCCCCC)-c2cc3c(cc2C4(CCCCCCCC)CCCCCCCC)-c2sc(/C=C4\C(=O)c5cc6ccccc6cc5\C4=C(\C#N)[N+]#[C-])cc2C3(CCCCCCCC)CCCCCCCC)C(=O)c2cc3ccccc3cc21. The van der Waals surface area contributed by atoms with Gasteiger partial charge in [-0.15, -0.1) is 22.7 Å². The van der Waals surface area contributed by atoms with Crippen LogP contribution in [-0.2, 0) is 16.2 Å². The highest BCUT2D eigenvalue weighted by molar-refractivity contribution is 7.17. The molecule has 5 aliphatic rings. The van der Waals surface area contributed by atoms with E-state index in [2.05, 4.69) is 124 Å². The third-order valence-corrected chi connectivity index (χ3v) is 29.0. The largest absolute Gasteiger partial charge is 0.289 e. The van der Waals surface area contributed by atoms with Crippen molar-refractivity contribution in [2.75, 3.05) is 0 Å². The van der Waals surface area contributed by atoms with E-state index in [1.165, 1.54) is 258 Å². The van der Waals surface area contributed by atoms with Crippen molar-refractivity contribution < 1.29 is 9.59 Å². The molecule has 0 bridgehead atoms. The Morgan fingerprint density at radius 1 is 0.327 bits per heavy atom. The van der Waals surface area contributed by atoms with E-state index in [-0.39, 0.29) is 39.2 Å². The van der Waals surface area contributed by atoms with Crippen molar-refractivity contribution in [1.29, 1.82) is 10.5 Å². The maximum absolute atomic E-state index is 15.3. The number of hydrogen-bond acceptors (Lipinski definition) is 6. The van der Waals surface area contributed by atoms with Gasteiger partial charge in [-0.25, -0.2) is 20.2 Å². The highest BCUT2D eigenvalue weighted by Crippen LogP contribution is 2.66. The van der Waals surface area contributed by atoms with Crippen LogP contribution in [0.1, 0.15) is 386 Å². The molecule has 0 saturated carbocycles. The van der Waals surface area contributed by atoms with Crippen molar-refractivity contribution in [2.45, 2.75) is 327 Å². The van der Waals surface area contributed by atoms with Crippen molar-refractivity contribution >= 4 is 79.1 Å². The summed E-state index contributed by atoms with van der Waals surface area (Å²) in [6, 6.07) is 44.9. The summed E-state index contributed by atoms with van der Waals surface area (Å²) in [7, 11) is 0. The number of Topliss-reactive ketones (excluding diaryl/α,β-unsaturated/α-hetero) is 2. The lowest BCUT2D eigenvalue weighted by Gasteiger charge is -2.35. The Labute approximate surface area is 686 Å². The van der Waals surface area contributed by atoms with Crippen LogP contribution in [0, 0.1) is 35.8 Å². The van der Waals surface area contributed by atoms with Gasteiger partial charge in [0.25, 0.3) is 11.4 Å². The number of benzene rings is 6. The topological polar surface area (TPSA) is 90.4 Å². The van der Waals surface area contributed by atoms with Gasteiger partial charge in [0, 0.05) is 69.2 Å². The second-order valence-electron chi connectivity index (χ2n) is 34.2. The highest BCUT2D eigenvalue weighted by Gasteiger charge is 2.52. The van der Waals surface area contributed by atoms with Crippen LogP contribution >= 0.6 is 22.7 Å². The average Bonchev–Trinajstić information content (AvgIpc) is 1.51. The Bertz CT molecular complexity index is 4720. The van der Waals surface area contributed by atoms with Crippen molar-refractivity contribution in [2.24, 2.45) is 0 Å². The number of fused-ring (bicyclic) bond motifs is 13. The third kappa shape index (κ3) is 16.9. The Balaban J connectivity index is 1.05. The predicted molar refractivity (Wildman–Crippen MR) is 480 cm³/mol. The van der Waals surface area contributed by atoms with Gasteiger partial charge in [-0.3, -0.25) is 9.59 Å². The smallest absolute Gasteiger partial charge is 0.270 e. The van der Waals surface area contributed by atoms with E-state index in [1.54, 1.807) is 0 Å². The maximum atomic E-state index is 15.3. The molecule has 6 nitrogen and oxygen atoms in total. The third-order valence-electron chi connectivity index (χ3n) is 26.7. The summed E-state index contributed by atoms with van der Waals surface area (Å²) >= 11 is 3.67. The van der Waals surface area contributed by atoms with E-state index in [4.69, 9.17) is 13.1 Å². The summed E-state index contributed by atoms with van der Waals surface area (Å²) in [5, 5.41) is 25.4. The van der Waals surface area contributed by atoms with Gasteiger partial charge in [-0.1, -0.05) is 321 Å². The summed E-state index contributed by atoms with van der Waals surface area (Å²) in [4.78, 5) is 42.9. The predicted octanol–water partition coefficient (Wildman–Crippen LogP) is 32.3. The summed E-state index contributed by atoms with van der Waals surface area (Å²) in [6.45, 7) is 30.7. The van der Waals surface area contributed by atoms with Gasteiger partial charge < -0.3 is 0 Å². The lowest BCUT2D eigenvalue weighted by Crippen LogP contribution is -2.27. The average molecular weight is 1540 g/mol. The molecule has 0 unspecified atom stereocenters. The first-order chi connectivity index (χ1) is 55.4. The number of carbonyl (C=O) groups is 2. The summed E-state index contributed by atoms with van der Waals surface area (Å²) in [5.41, 5.74) is 17.8. The van der Waals surface area contributed by atoms with Gasteiger partial charge in [0.15, 0.2) is 11.6 Å². The number of unbranched alkanes of at least 4 members (excludes halogenated alkanes) is 30. The summed E-state index contributed by atoms with van der Waals surface area (Å²) in [5.74, 6) is -0.250. The molecule has 113 heavy (non-hydrogen) atoms. The van der Waals surface area contributed by atoms with Crippen molar-refractivity contribution in [3.05, 3.63) is 220 Å². The maximum Gasteiger partial charge on any atom is 0.270 e. The minimum absolute atomic E-state index is 0.0446. The van der Waals surface area contributed by atoms with Gasteiger partial charge in [-0.05, 0) is 200 Å². The van der Waals surface area contributed by atoms with Crippen molar-refractivity contribution in [1.82, 2.24) is 0 Å². The molecule has 0 radical (unpaired) electrons. The second-order valence-corrected chi connectivity index (χ2v) is 36.3. The van der Waals surface area contributed by atoms with Gasteiger partial charge in [-0.2, -0.15) is 0 Å². The van der Waals surface area contributed by atoms with E-state index < -0.39 is 0 Å². The molecule has 8 aromatic rings. The number of rotatable bonds is 44. The Morgan fingerprint density at radius 3 is 0.850 bits per heavy atom. The zero-order chi connectivity index (χ0) is 78.9. The number of allylic oxidation sites excluding steroid dienone is 6. The molecule has 0 N–H and O–H groups in total. The first-order valence-corrected chi connectivity index (χ1v) is 46.4. The fraction of sp³-hybridized carbons (Fsp3) is 0.486. The zero-order valence-corrected chi connectivity index (χ0v) is 70.8. The molecule has 0 amide bonds. The quantitative estimate of drug-likeness (QED) is 0.0165. The molecule has 8 heteroatoms. The number of thiophene rings is 2. The molecule has 0 aliphatic heterocycles. The van der Waals surface area contributed by atoms with E-state index in [9.17, 15) is 10.5 Å². The second kappa shape index (κ2) is 38.8. The minimum atomic E-state index is -0.279. The van der Waals surface area contributed by atoms with E-state index in [0.29, 0.717) is 44.5 Å². The molecule has 2 aromatic heterocycles. The van der Waals surface area contributed by atoms with E-state index in [1.807, 2.05) is 83.3 Å². The molecular formula is C105H122N4O2S2. The number of ketones is 2. The van der Waals surface area contributed by atoms with Crippen LogP contribution < -0.4 is 0 Å². The van der Waals surface area contributed by atoms with Crippen LogP contribution in [-0.4, -0.2) is 11.6 Å². The summed E-state index contributed by atoms with van der Waals surface area (Å²) in [6.07, 6.45) is 54.2. The van der Waals surface area contributed by atoms with Crippen LogP contribution in [0.5, 0.6) is 0 Å². The fourth-order valence-electron chi connectivity index (χ4n) is 20.8. The molecule has 0 saturated heterocycles. The van der Waals surface area contributed by atoms with Crippen LogP contribution in [0.15, 0.2) is 132 Å². The van der Waals surface area contributed by atoms with Crippen LogP contribution in [0.2, 0.25) is 0 Å². The van der Waals surface area contributed by atoms with Crippen LogP contribution in [0.25, 0.3) is 86.5 Å². The van der Waals surface area contributed by atoms with E-state index >= 15 is 9.59 Å². The number of hydrogen-bond donors (Lipinski definition) is 0. The Morgan fingerprint density at radius 2 is 0.575 bits per heavy atom. The molecule has 0 spiro atoms. The van der Waals surface area contributed by atoms with Crippen molar-refractivity contribution in [3.63, 3.8) is 0 Å². The van der Waals surface area contributed by atoms with Gasteiger partial charge >= 0.3 is 0 Å². The number of nitriles is 2. The summed E-state index contributed by atoms with van der Waals surface area (Å²) < 4.78 is 0. The van der Waals surface area contributed by atoms with Crippen LogP contribution in [0.3, 0.4) is 0 Å². The molecular weight excluding hydrogens is 1410 g/mol. The van der Waals surface area contributed by atoms with Gasteiger partial charge in [0.2, 0.25) is 0 Å². The van der Waals surface area contributed by atoms with Gasteiger partial charge in [0.05, 0.1) is 25.3 Å². The highest BCUT2D eigenvalue weighted by atomic mass is 32.1. The van der Waals surface area contributed by atoms with Gasteiger partial charge in [0.1, 0.15) is 0 Å². The minimum Gasteiger partial charge on any atom is -0.289 e. The van der Waals surface area contributed by atoms with Crippen molar-refractivity contribution in [3.8, 4) is 44.1 Å². The standard InChI is InChI=1S/C105H122N4O2S2/c1-9-15-21-27-33-43-53-103(54-44-34-28-22-16-10-2)89-69-85-91(104(55-45-35-29-23-17-11-3,56-46-36-30-24-18-12-4)93-65-77(112-101(85)93)63-87-97(95(71-106)108-7)81-59-73-49-39-41-51-75(73)61-83(81)99(87)110)67-79(89)80-68-92-86(70-90(80)103)102-94(105(92,57-47-37-31-25-19-13-5)58-48-38-32-26-20-14-6)66-78(113-102)64-88-98(96(72-107)109-8)82-60-74-50-40-42-52-76(74)62-84(82)100(88)111/h39-42,49-52,59-70H,9-38,43-48,53-58H2,1-6H3/b87-63-,88-64-,97-95-,98-96+. The molecule has 2 heterocycles. The number of nitrogens with zero attached hydrogens (tertiary/aromatic N) is 4. The molecule has 5 aliphatic carbocycles. The Hall–Kier alpha value is -8.50. The first kappa shape index (κ1) is 82.5. The lowest BCUT2D eigenvalue weighted by atomic mass is 9.68.